The molecule has 0 aliphatic rings. The van der Waals surface area contributed by atoms with Crippen molar-refractivity contribution in [2.75, 3.05) is 5.32 Å². The first-order valence-corrected chi connectivity index (χ1v) is 6.68. The van der Waals surface area contributed by atoms with Crippen LogP contribution in [-0.4, -0.2) is 5.91 Å². The highest BCUT2D eigenvalue weighted by molar-refractivity contribution is 6.02. The lowest BCUT2D eigenvalue weighted by Crippen LogP contribution is -2.09. The van der Waals surface area contributed by atoms with E-state index < -0.39 is 23.5 Å². The van der Waals surface area contributed by atoms with Crippen LogP contribution < -0.4 is 5.32 Å². The number of alkyl halides is 3. The number of anilines is 1. The number of aryl methyl sites for hydroxylation is 1. The van der Waals surface area contributed by atoms with E-state index in [1.165, 1.54) is 36.4 Å². The summed E-state index contributed by atoms with van der Waals surface area (Å²) in [5.41, 5.74) is 0.433. The average molecular weight is 323 g/mol. The quantitative estimate of drug-likeness (QED) is 0.638. The fraction of sp³-hybridized carbons (Fsp3) is 0.118. The molecule has 0 unspecified atom stereocenters. The molecule has 0 saturated heterocycles. The Labute approximate surface area is 130 Å². The Balaban J connectivity index is 2.11. The van der Waals surface area contributed by atoms with Gasteiger partial charge in [0.1, 0.15) is 5.82 Å². The molecule has 2 aromatic rings. The third-order valence-corrected chi connectivity index (χ3v) is 3.10. The van der Waals surface area contributed by atoms with Crippen LogP contribution in [0.25, 0.3) is 6.08 Å². The summed E-state index contributed by atoms with van der Waals surface area (Å²) in [6.07, 6.45) is -2.08. The van der Waals surface area contributed by atoms with Gasteiger partial charge >= 0.3 is 6.18 Å². The molecular weight excluding hydrogens is 310 g/mol. The number of hydrogen-bond donors (Lipinski definition) is 1. The van der Waals surface area contributed by atoms with Gasteiger partial charge in [0.05, 0.1) is 5.56 Å². The minimum Gasteiger partial charge on any atom is -0.322 e. The van der Waals surface area contributed by atoms with Gasteiger partial charge < -0.3 is 5.32 Å². The van der Waals surface area contributed by atoms with E-state index in [1.807, 2.05) is 0 Å². The second kappa shape index (κ2) is 6.64. The zero-order chi connectivity index (χ0) is 17.0. The number of benzene rings is 2. The molecule has 0 spiro atoms. The summed E-state index contributed by atoms with van der Waals surface area (Å²) in [4.78, 5) is 11.8. The maximum atomic E-state index is 13.1. The molecule has 0 aliphatic carbocycles. The first kappa shape index (κ1) is 16.7. The van der Waals surface area contributed by atoms with E-state index in [9.17, 15) is 22.4 Å². The molecule has 23 heavy (non-hydrogen) atoms. The molecule has 0 radical (unpaired) electrons. The van der Waals surface area contributed by atoms with Gasteiger partial charge in [-0.05, 0) is 48.4 Å². The van der Waals surface area contributed by atoms with Crippen LogP contribution >= 0.6 is 0 Å². The van der Waals surface area contributed by atoms with E-state index in [0.717, 1.165) is 18.2 Å². The van der Waals surface area contributed by atoms with Crippen molar-refractivity contribution in [3.05, 3.63) is 71.0 Å². The van der Waals surface area contributed by atoms with Crippen LogP contribution in [0.3, 0.4) is 0 Å². The molecule has 120 valence electrons. The SMILES string of the molecule is Cc1ccc(F)cc1NC(=O)/C=C/c1cccc(C(F)(F)F)c1. The lowest BCUT2D eigenvalue weighted by Gasteiger charge is -2.07. The van der Waals surface area contributed by atoms with Gasteiger partial charge in [0, 0.05) is 11.8 Å². The van der Waals surface area contributed by atoms with Crippen molar-refractivity contribution < 1.29 is 22.4 Å². The van der Waals surface area contributed by atoms with Gasteiger partial charge in [-0.3, -0.25) is 4.79 Å². The number of carbonyl (C=O) groups excluding carboxylic acids is 1. The Bertz CT molecular complexity index is 750. The molecular formula is C17H13F4NO. The minimum absolute atomic E-state index is 0.242. The minimum atomic E-state index is -4.44. The Morgan fingerprint density at radius 2 is 1.87 bits per heavy atom. The Hall–Kier alpha value is -2.63. The lowest BCUT2D eigenvalue weighted by molar-refractivity contribution is -0.137. The zero-order valence-electron chi connectivity index (χ0n) is 12.1. The number of halogens is 4. The largest absolute Gasteiger partial charge is 0.416 e. The van der Waals surface area contributed by atoms with Gasteiger partial charge in [0.25, 0.3) is 0 Å². The van der Waals surface area contributed by atoms with Gasteiger partial charge in [-0.25, -0.2) is 4.39 Å². The fourth-order valence-corrected chi connectivity index (χ4v) is 1.89. The molecule has 0 bridgehead atoms. The summed E-state index contributed by atoms with van der Waals surface area (Å²) in [6, 6.07) is 8.56. The third kappa shape index (κ3) is 4.67. The predicted molar refractivity (Wildman–Crippen MR) is 80.2 cm³/mol. The summed E-state index contributed by atoms with van der Waals surface area (Å²) < 4.78 is 50.9. The van der Waals surface area contributed by atoms with Crippen LogP contribution in [0.2, 0.25) is 0 Å². The van der Waals surface area contributed by atoms with Crippen LogP contribution in [0.4, 0.5) is 23.2 Å². The number of hydrogen-bond acceptors (Lipinski definition) is 1. The number of amides is 1. The number of nitrogens with one attached hydrogen (secondary N) is 1. The Kier molecular flexibility index (Phi) is 4.83. The molecule has 0 heterocycles. The topological polar surface area (TPSA) is 29.1 Å². The van der Waals surface area contributed by atoms with Gasteiger partial charge in [0.15, 0.2) is 0 Å². The van der Waals surface area contributed by atoms with Crippen molar-refractivity contribution >= 4 is 17.7 Å². The molecule has 1 amide bonds. The second-order valence-electron chi connectivity index (χ2n) is 4.91. The van der Waals surface area contributed by atoms with Crippen LogP contribution in [0.15, 0.2) is 48.5 Å². The van der Waals surface area contributed by atoms with Gasteiger partial charge in [-0.1, -0.05) is 18.2 Å². The number of rotatable bonds is 3. The molecule has 1 N–H and O–H groups in total. The van der Waals surface area contributed by atoms with Crippen molar-refractivity contribution in [1.82, 2.24) is 0 Å². The van der Waals surface area contributed by atoms with Gasteiger partial charge in [0.2, 0.25) is 5.91 Å². The van der Waals surface area contributed by atoms with Crippen molar-refractivity contribution in [3.8, 4) is 0 Å². The van der Waals surface area contributed by atoms with E-state index in [-0.39, 0.29) is 5.56 Å². The standard InChI is InChI=1S/C17H13F4NO/c1-11-5-7-14(18)10-15(11)22-16(23)8-6-12-3-2-4-13(9-12)17(19,20)21/h2-10H,1H3,(H,22,23)/b8-6+. The molecule has 6 heteroatoms. The van der Waals surface area contributed by atoms with Gasteiger partial charge in [-0.15, -0.1) is 0 Å². The second-order valence-corrected chi connectivity index (χ2v) is 4.91. The van der Waals surface area contributed by atoms with Crippen LogP contribution in [0.5, 0.6) is 0 Å². The van der Waals surface area contributed by atoms with E-state index in [1.54, 1.807) is 6.92 Å². The maximum Gasteiger partial charge on any atom is 0.416 e. The third-order valence-electron chi connectivity index (χ3n) is 3.10. The first-order chi connectivity index (χ1) is 10.8. The summed E-state index contributed by atoms with van der Waals surface area (Å²) in [7, 11) is 0. The van der Waals surface area contributed by atoms with Crippen LogP contribution in [-0.2, 0) is 11.0 Å². The van der Waals surface area contributed by atoms with Crippen LogP contribution in [0, 0.1) is 12.7 Å². The molecule has 0 fully saturated rings. The molecule has 2 rings (SSSR count). The fourth-order valence-electron chi connectivity index (χ4n) is 1.89. The predicted octanol–water partition coefficient (Wildman–Crippen LogP) is 4.80. The smallest absolute Gasteiger partial charge is 0.322 e. The highest BCUT2D eigenvalue weighted by Gasteiger charge is 2.30. The average Bonchev–Trinajstić information content (AvgIpc) is 2.48. The number of carbonyl (C=O) groups is 1. The summed E-state index contributed by atoms with van der Waals surface area (Å²) in [5.74, 6) is -1.05. The van der Waals surface area contributed by atoms with E-state index in [2.05, 4.69) is 5.32 Å². The highest BCUT2D eigenvalue weighted by atomic mass is 19.4. The molecule has 0 aliphatic heterocycles. The lowest BCUT2D eigenvalue weighted by atomic mass is 10.1. The van der Waals surface area contributed by atoms with Crippen molar-refractivity contribution in [2.45, 2.75) is 13.1 Å². The zero-order valence-corrected chi connectivity index (χ0v) is 12.1. The first-order valence-electron chi connectivity index (χ1n) is 6.68. The normalized spacial score (nSPS) is 11.7. The summed E-state index contributed by atoms with van der Waals surface area (Å²) >= 11 is 0. The summed E-state index contributed by atoms with van der Waals surface area (Å²) in [5, 5.41) is 2.48. The van der Waals surface area contributed by atoms with Gasteiger partial charge in [-0.2, -0.15) is 13.2 Å². The molecule has 2 aromatic carbocycles. The summed E-state index contributed by atoms with van der Waals surface area (Å²) in [6.45, 7) is 1.70. The van der Waals surface area contributed by atoms with Crippen molar-refractivity contribution in [2.24, 2.45) is 0 Å². The molecule has 2 nitrogen and oxygen atoms in total. The van der Waals surface area contributed by atoms with E-state index >= 15 is 0 Å². The van der Waals surface area contributed by atoms with E-state index in [0.29, 0.717) is 11.3 Å². The molecule has 0 atom stereocenters. The molecule has 0 saturated carbocycles. The maximum absolute atomic E-state index is 13.1. The molecule has 0 aromatic heterocycles. The van der Waals surface area contributed by atoms with Crippen molar-refractivity contribution in [3.63, 3.8) is 0 Å². The Morgan fingerprint density at radius 3 is 2.57 bits per heavy atom. The van der Waals surface area contributed by atoms with E-state index in [4.69, 9.17) is 0 Å². The monoisotopic (exact) mass is 323 g/mol. The Morgan fingerprint density at radius 1 is 1.13 bits per heavy atom. The van der Waals surface area contributed by atoms with Crippen molar-refractivity contribution in [1.29, 1.82) is 0 Å². The van der Waals surface area contributed by atoms with Crippen LogP contribution in [0.1, 0.15) is 16.7 Å². The highest BCUT2D eigenvalue weighted by Crippen LogP contribution is 2.29.